The fraction of sp³-hybridized carbons (Fsp3) is 0.643. The summed E-state index contributed by atoms with van der Waals surface area (Å²) in [5, 5.41) is 0.144. The second-order valence-corrected chi connectivity index (χ2v) is 11.4. The molecule has 0 radical (unpaired) electrons. The standard InChI is InChI=1S/C14H25N3O4Si/c1-10(21-22(5,6)14(2,3)4)9-19-13-16-7-11(8-17-13)20-12(15)18/h7-8,10H,9H2,1-6H3,(H2,15,18)/t10-/m1/s1. The fourth-order valence-electron chi connectivity index (χ4n) is 1.45. The van der Waals surface area contributed by atoms with Gasteiger partial charge in [0, 0.05) is 0 Å². The molecule has 1 heterocycles. The highest BCUT2D eigenvalue weighted by Gasteiger charge is 2.38. The van der Waals surface area contributed by atoms with Crippen molar-refractivity contribution < 1.29 is 18.7 Å². The molecule has 2 N–H and O–H groups in total. The van der Waals surface area contributed by atoms with E-state index in [0.29, 0.717) is 6.61 Å². The zero-order valence-corrected chi connectivity index (χ0v) is 15.0. The predicted octanol–water partition coefficient (Wildman–Crippen LogP) is 2.72. The molecule has 8 heteroatoms. The van der Waals surface area contributed by atoms with Crippen LogP contribution in [0.3, 0.4) is 0 Å². The van der Waals surface area contributed by atoms with Gasteiger partial charge in [-0.3, -0.25) is 0 Å². The van der Waals surface area contributed by atoms with Crippen LogP contribution < -0.4 is 15.2 Å². The average molecular weight is 327 g/mol. The average Bonchev–Trinajstić information content (AvgIpc) is 2.35. The largest absolute Gasteiger partial charge is 0.461 e. The Labute approximate surface area is 132 Å². The number of carbonyl (C=O) groups excluding carboxylic acids is 1. The van der Waals surface area contributed by atoms with Gasteiger partial charge in [-0.2, -0.15) is 9.97 Å². The van der Waals surface area contributed by atoms with Crippen molar-refractivity contribution in [3.05, 3.63) is 12.4 Å². The van der Waals surface area contributed by atoms with Crippen LogP contribution in [-0.2, 0) is 4.43 Å². The quantitative estimate of drug-likeness (QED) is 0.807. The Bertz CT molecular complexity index is 500. The Hall–Kier alpha value is -1.67. The highest BCUT2D eigenvalue weighted by Crippen LogP contribution is 2.37. The van der Waals surface area contributed by atoms with Crippen molar-refractivity contribution in [2.75, 3.05) is 6.61 Å². The van der Waals surface area contributed by atoms with E-state index < -0.39 is 14.4 Å². The normalized spacial score (nSPS) is 13.5. The Morgan fingerprint density at radius 2 is 1.86 bits per heavy atom. The lowest BCUT2D eigenvalue weighted by atomic mass is 10.2. The lowest BCUT2D eigenvalue weighted by Crippen LogP contribution is -2.44. The number of hydrogen-bond acceptors (Lipinski definition) is 6. The Kier molecular flexibility index (Phi) is 5.90. The molecular formula is C14H25N3O4Si. The zero-order chi connectivity index (χ0) is 17.0. The van der Waals surface area contributed by atoms with Crippen molar-refractivity contribution in [1.82, 2.24) is 9.97 Å². The third-order valence-corrected chi connectivity index (χ3v) is 8.18. The maximum Gasteiger partial charge on any atom is 0.410 e. The van der Waals surface area contributed by atoms with Crippen molar-refractivity contribution in [2.24, 2.45) is 5.73 Å². The number of hydrogen-bond donors (Lipinski definition) is 1. The third-order valence-electron chi connectivity index (χ3n) is 3.57. The van der Waals surface area contributed by atoms with Crippen LogP contribution in [-0.4, -0.2) is 37.1 Å². The number of carbonyl (C=O) groups is 1. The van der Waals surface area contributed by atoms with Gasteiger partial charge in [-0.05, 0) is 25.1 Å². The summed E-state index contributed by atoms with van der Waals surface area (Å²) >= 11 is 0. The molecule has 1 amide bonds. The van der Waals surface area contributed by atoms with E-state index in [1.165, 1.54) is 12.4 Å². The van der Waals surface area contributed by atoms with Gasteiger partial charge in [0.1, 0.15) is 6.61 Å². The molecule has 0 aliphatic heterocycles. The Morgan fingerprint density at radius 1 is 1.32 bits per heavy atom. The SMILES string of the molecule is C[C@H](COc1ncc(OC(N)=O)cn1)O[Si](C)(C)C(C)(C)C. The number of ether oxygens (including phenoxy) is 2. The number of rotatable bonds is 6. The van der Waals surface area contributed by atoms with E-state index in [0.717, 1.165) is 0 Å². The number of aromatic nitrogens is 2. The number of nitrogens with zero attached hydrogens (tertiary/aromatic N) is 2. The van der Waals surface area contributed by atoms with Gasteiger partial charge in [-0.25, -0.2) is 4.79 Å². The second kappa shape index (κ2) is 7.06. The minimum atomic E-state index is -1.83. The van der Waals surface area contributed by atoms with Crippen LogP contribution >= 0.6 is 0 Å². The minimum Gasteiger partial charge on any atom is -0.461 e. The molecule has 22 heavy (non-hydrogen) atoms. The number of primary amides is 1. The summed E-state index contributed by atoms with van der Waals surface area (Å²) in [6.45, 7) is 13.3. The van der Waals surface area contributed by atoms with Gasteiger partial charge in [-0.1, -0.05) is 20.8 Å². The molecule has 1 atom stereocenters. The highest BCUT2D eigenvalue weighted by molar-refractivity contribution is 6.74. The molecule has 0 aliphatic rings. The summed E-state index contributed by atoms with van der Waals surface area (Å²) in [7, 11) is -1.83. The van der Waals surface area contributed by atoms with E-state index in [-0.39, 0.29) is 22.9 Å². The molecule has 0 unspecified atom stereocenters. The first-order valence-corrected chi connectivity index (χ1v) is 10.0. The first-order chi connectivity index (χ1) is 10.0. The molecule has 1 aromatic rings. The van der Waals surface area contributed by atoms with Crippen LogP contribution in [0, 0.1) is 0 Å². The Morgan fingerprint density at radius 3 is 2.32 bits per heavy atom. The first kappa shape index (κ1) is 18.4. The lowest BCUT2D eigenvalue weighted by Gasteiger charge is -2.38. The zero-order valence-electron chi connectivity index (χ0n) is 14.0. The molecule has 0 fully saturated rings. The minimum absolute atomic E-state index is 0.0639. The molecule has 0 spiro atoms. The highest BCUT2D eigenvalue weighted by atomic mass is 28.4. The molecule has 1 aromatic heterocycles. The molecule has 0 aromatic carbocycles. The van der Waals surface area contributed by atoms with Crippen LogP contribution in [0.15, 0.2) is 12.4 Å². The topological polar surface area (TPSA) is 96.6 Å². The van der Waals surface area contributed by atoms with Gasteiger partial charge in [0.25, 0.3) is 0 Å². The third kappa shape index (κ3) is 5.61. The van der Waals surface area contributed by atoms with Gasteiger partial charge in [0.2, 0.25) is 0 Å². The molecule has 0 bridgehead atoms. The van der Waals surface area contributed by atoms with E-state index in [2.05, 4.69) is 48.6 Å². The molecule has 0 saturated heterocycles. The number of amides is 1. The summed E-state index contributed by atoms with van der Waals surface area (Å²) in [5.41, 5.74) is 4.89. The van der Waals surface area contributed by atoms with Crippen molar-refractivity contribution in [3.8, 4) is 11.8 Å². The van der Waals surface area contributed by atoms with Crippen molar-refractivity contribution in [1.29, 1.82) is 0 Å². The second-order valence-electron chi connectivity index (χ2n) is 6.62. The first-order valence-electron chi connectivity index (χ1n) is 7.11. The summed E-state index contributed by atoms with van der Waals surface area (Å²) in [6.07, 6.45) is 1.68. The Balaban J connectivity index is 2.50. The van der Waals surface area contributed by atoms with Gasteiger partial charge in [-0.15, -0.1) is 0 Å². The van der Waals surface area contributed by atoms with Crippen molar-refractivity contribution in [2.45, 2.75) is 51.9 Å². The molecule has 0 aliphatic carbocycles. The summed E-state index contributed by atoms with van der Waals surface area (Å²) in [6, 6.07) is 0.197. The monoisotopic (exact) mass is 327 g/mol. The molecule has 0 saturated carbocycles. The van der Waals surface area contributed by atoms with Gasteiger partial charge in [0.15, 0.2) is 14.1 Å². The number of nitrogens with two attached hydrogens (primary N) is 1. The van der Waals surface area contributed by atoms with Crippen molar-refractivity contribution in [3.63, 3.8) is 0 Å². The van der Waals surface area contributed by atoms with Gasteiger partial charge < -0.3 is 19.6 Å². The van der Waals surface area contributed by atoms with E-state index in [1.54, 1.807) is 0 Å². The van der Waals surface area contributed by atoms with Crippen LogP contribution in [0.1, 0.15) is 27.7 Å². The molecule has 124 valence electrons. The maximum atomic E-state index is 10.6. The molecule has 1 rings (SSSR count). The van der Waals surface area contributed by atoms with Gasteiger partial charge >= 0.3 is 12.1 Å². The summed E-state index contributed by atoms with van der Waals surface area (Å²) < 4.78 is 16.3. The summed E-state index contributed by atoms with van der Waals surface area (Å²) in [4.78, 5) is 18.5. The van der Waals surface area contributed by atoms with E-state index in [1.807, 2.05) is 6.92 Å². The van der Waals surface area contributed by atoms with Crippen LogP contribution in [0.2, 0.25) is 18.1 Å². The lowest BCUT2D eigenvalue weighted by molar-refractivity contribution is 0.123. The van der Waals surface area contributed by atoms with Gasteiger partial charge in [0.05, 0.1) is 18.5 Å². The maximum absolute atomic E-state index is 10.6. The van der Waals surface area contributed by atoms with Crippen molar-refractivity contribution >= 4 is 14.4 Å². The fourth-order valence-corrected chi connectivity index (χ4v) is 2.88. The van der Waals surface area contributed by atoms with E-state index >= 15 is 0 Å². The van der Waals surface area contributed by atoms with E-state index in [4.69, 9.17) is 14.9 Å². The van der Waals surface area contributed by atoms with E-state index in [9.17, 15) is 4.79 Å². The van der Waals surface area contributed by atoms with Crippen LogP contribution in [0.4, 0.5) is 4.79 Å². The smallest absolute Gasteiger partial charge is 0.410 e. The molecule has 7 nitrogen and oxygen atoms in total. The summed E-state index contributed by atoms with van der Waals surface area (Å²) in [5.74, 6) is 0.172. The molecular weight excluding hydrogens is 302 g/mol. The van der Waals surface area contributed by atoms with Crippen LogP contribution in [0.5, 0.6) is 11.8 Å². The predicted molar refractivity (Wildman–Crippen MR) is 85.5 cm³/mol. The van der Waals surface area contributed by atoms with Crippen LogP contribution in [0.25, 0.3) is 0 Å².